The highest BCUT2D eigenvalue weighted by Crippen LogP contribution is 2.31. The first-order valence-electron chi connectivity index (χ1n) is 7.43. The summed E-state index contributed by atoms with van der Waals surface area (Å²) < 4.78 is 10.9. The van der Waals surface area contributed by atoms with Crippen molar-refractivity contribution < 1.29 is 14.3 Å². The third-order valence-electron chi connectivity index (χ3n) is 4.42. The Morgan fingerprint density at radius 2 is 2.10 bits per heavy atom. The van der Waals surface area contributed by atoms with E-state index in [0.717, 1.165) is 24.4 Å². The Bertz CT molecular complexity index is 532. The van der Waals surface area contributed by atoms with E-state index in [1.165, 1.54) is 0 Å². The van der Waals surface area contributed by atoms with Crippen molar-refractivity contribution in [2.24, 2.45) is 0 Å². The van der Waals surface area contributed by atoms with E-state index in [1.807, 2.05) is 29.2 Å². The molecule has 1 aromatic rings. The Morgan fingerprint density at radius 1 is 1.33 bits per heavy atom. The maximum atomic E-state index is 12.1. The van der Waals surface area contributed by atoms with E-state index < -0.39 is 0 Å². The van der Waals surface area contributed by atoms with Crippen LogP contribution in [0, 0.1) is 0 Å². The fourth-order valence-electron chi connectivity index (χ4n) is 3.15. The minimum atomic E-state index is -0.209. The van der Waals surface area contributed by atoms with Gasteiger partial charge in [0.05, 0.1) is 19.7 Å². The molecule has 2 atom stereocenters. The van der Waals surface area contributed by atoms with Crippen LogP contribution in [0.5, 0.6) is 5.75 Å². The molecule has 2 fully saturated rings. The Morgan fingerprint density at radius 3 is 2.81 bits per heavy atom. The molecule has 1 aromatic carbocycles. The van der Waals surface area contributed by atoms with Crippen molar-refractivity contribution in [3.63, 3.8) is 0 Å². The summed E-state index contributed by atoms with van der Waals surface area (Å²) in [5.41, 5.74) is 1.01. The summed E-state index contributed by atoms with van der Waals surface area (Å²) >= 11 is 0. The molecule has 0 aliphatic carbocycles. The lowest BCUT2D eigenvalue weighted by Crippen LogP contribution is -2.38. The molecule has 2 saturated heterocycles. The van der Waals surface area contributed by atoms with Crippen molar-refractivity contribution in [2.45, 2.75) is 38.6 Å². The quantitative estimate of drug-likeness (QED) is 0.851. The van der Waals surface area contributed by atoms with E-state index in [0.29, 0.717) is 12.6 Å². The van der Waals surface area contributed by atoms with Crippen LogP contribution < -0.4 is 4.74 Å². The summed E-state index contributed by atoms with van der Waals surface area (Å²) in [6, 6.07) is 8.43. The number of fused-ring (bicyclic) bond motifs is 1. The molecule has 0 N–H and O–H groups in total. The Hall–Kier alpha value is -1.75. The van der Waals surface area contributed by atoms with Crippen molar-refractivity contribution in [2.75, 3.05) is 20.2 Å². The number of ether oxygens (including phenoxy) is 2. The summed E-state index contributed by atoms with van der Waals surface area (Å²) in [6.45, 7) is 6.59. The molecule has 0 unspecified atom stereocenters. The number of methoxy groups -OCH3 is 1. The molecule has 0 spiro atoms. The smallest absolute Gasteiger partial charge is 0.410 e. The van der Waals surface area contributed by atoms with Gasteiger partial charge >= 0.3 is 6.09 Å². The number of amides is 1. The average Bonchev–Trinajstić information content (AvgIpc) is 2.99. The summed E-state index contributed by atoms with van der Waals surface area (Å²) in [4.78, 5) is 16.3. The molecule has 0 aromatic heterocycles. The molecule has 21 heavy (non-hydrogen) atoms. The van der Waals surface area contributed by atoms with Crippen LogP contribution >= 0.6 is 0 Å². The first kappa shape index (κ1) is 14.2. The van der Waals surface area contributed by atoms with Gasteiger partial charge in [0.15, 0.2) is 0 Å². The second kappa shape index (κ2) is 5.56. The van der Waals surface area contributed by atoms with Gasteiger partial charge < -0.3 is 9.47 Å². The number of nitrogens with zero attached hydrogens (tertiary/aromatic N) is 2. The Labute approximate surface area is 125 Å². The molecule has 2 heterocycles. The molecule has 114 valence electrons. The average molecular weight is 290 g/mol. The van der Waals surface area contributed by atoms with Crippen LogP contribution in [0.4, 0.5) is 4.79 Å². The number of hydrogen-bond acceptors (Lipinski definition) is 4. The van der Waals surface area contributed by atoms with Crippen LogP contribution in [0.2, 0.25) is 0 Å². The van der Waals surface area contributed by atoms with E-state index >= 15 is 0 Å². The lowest BCUT2D eigenvalue weighted by Gasteiger charge is -2.25. The molecule has 3 rings (SSSR count). The minimum absolute atomic E-state index is 0.00499. The van der Waals surface area contributed by atoms with Crippen molar-refractivity contribution in [3.05, 3.63) is 29.8 Å². The molecule has 2 aliphatic heterocycles. The maximum absolute atomic E-state index is 12.1. The third-order valence-corrected chi connectivity index (χ3v) is 4.42. The van der Waals surface area contributed by atoms with Crippen LogP contribution in [0.3, 0.4) is 0 Å². The molecule has 0 saturated carbocycles. The van der Waals surface area contributed by atoms with E-state index in [1.54, 1.807) is 7.11 Å². The van der Waals surface area contributed by atoms with Crippen LogP contribution in [0.25, 0.3) is 0 Å². The van der Waals surface area contributed by atoms with Crippen LogP contribution in [-0.2, 0) is 11.3 Å². The molecule has 2 aliphatic rings. The van der Waals surface area contributed by atoms with Gasteiger partial charge in [-0.2, -0.15) is 0 Å². The van der Waals surface area contributed by atoms with Crippen molar-refractivity contribution in [1.29, 1.82) is 0 Å². The summed E-state index contributed by atoms with van der Waals surface area (Å²) in [7, 11) is 1.65. The SMILES string of the molecule is COc1ccccc1CN1C(=O)O[C@@H]2CN(C(C)C)C[C@@H]21. The molecule has 0 radical (unpaired) electrons. The number of benzene rings is 1. The van der Waals surface area contributed by atoms with Crippen LogP contribution in [-0.4, -0.2) is 54.3 Å². The highest BCUT2D eigenvalue weighted by atomic mass is 16.6. The highest BCUT2D eigenvalue weighted by Gasteiger charge is 2.48. The van der Waals surface area contributed by atoms with E-state index in [-0.39, 0.29) is 18.2 Å². The predicted molar refractivity (Wildman–Crippen MR) is 79.3 cm³/mol. The molecular weight excluding hydrogens is 268 g/mol. The van der Waals surface area contributed by atoms with E-state index in [2.05, 4.69) is 18.7 Å². The Balaban J connectivity index is 1.77. The largest absolute Gasteiger partial charge is 0.496 e. The van der Waals surface area contributed by atoms with Gasteiger partial charge in [-0.1, -0.05) is 18.2 Å². The predicted octanol–water partition coefficient (Wildman–Crippen LogP) is 2.11. The number of hydrogen-bond donors (Lipinski definition) is 0. The minimum Gasteiger partial charge on any atom is -0.496 e. The van der Waals surface area contributed by atoms with Gasteiger partial charge in [0.2, 0.25) is 0 Å². The Kier molecular flexibility index (Phi) is 3.76. The maximum Gasteiger partial charge on any atom is 0.410 e. The van der Waals surface area contributed by atoms with Crippen molar-refractivity contribution in [1.82, 2.24) is 9.80 Å². The number of carbonyl (C=O) groups excluding carboxylic acids is 1. The topological polar surface area (TPSA) is 42.0 Å². The molecule has 1 amide bonds. The fourth-order valence-corrected chi connectivity index (χ4v) is 3.15. The van der Waals surface area contributed by atoms with Gasteiger partial charge in [0.1, 0.15) is 11.9 Å². The van der Waals surface area contributed by atoms with Crippen LogP contribution in [0.1, 0.15) is 19.4 Å². The standard InChI is InChI=1S/C16H22N2O3/c1-11(2)17-9-13-15(10-17)21-16(19)18(13)8-12-6-4-5-7-14(12)20-3/h4-7,11,13,15H,8-10H2,1-3H3/t13-,15+/m0/s1. The van der Waals surface area contributed by atoms with Crippen LogP contribution in [0.15, 0.2) is 24.3 Å². The van der Waals surface area contributed by atoms with E-state index in [4.69, 9.17) is 9.47 Å². The zero-order valence-electron chi connectivity index (χ0n) is 12.8. The lowest BCUT2D eigenvalue weighted by molar-refractivity contribution is 0.114. The number of likely N-dealkylation sites (tertiary alicyclic amines) is 1. The number of carbonyl (C=O) groups is 1. The van der Waals surface area contributed by atoms with Crippen molar-refractivity contribution >= 4 is 6.09 Å². The zero-order chi connectivity index (χ0) is 15.0. The second-order valence-electron chi connectivity index (χ2n) is 5.98. The molecule has 0 bridgehead atoms. The first-order valence-corrected chi connectivity index (χ1v) is 7.43. The van der Waals surface area contributed by atoms with Gasteiger partial charge in [0, 0.05) is 24.7 Å². The second-order valence-corrected chi connectivity index (χ2v) is 5.98. The van der Waals surface area contributed by atoms with Gasteiger partial charge in [-0.05, 0) is 19.9 Å². The fraction of sp³-hybridized carbons (Fsp3) is 0.562. The van der Waals surface area contributed by atoms with Gasteiger partial charge in [-0.15, -0.1) is 0 Å². The number of para-hydroxylation sites is 1. The molecule has 5 nitrogen and oxygen atoms in total. The summed E-state index contributed by atoms with van der Waals surface area (Å²) in [5.74, 6) is 0.812. The molecular formula is C16H22N2O3. The lowest BCUT2D eigenvalue weighted by atomic mass is 10.1. The first-order chi connectivity index (χ1) is 10.1. The molecule has 5 heteroatoms. The van der Waals surface area contributed by atoms with Gasteiger partial charge in [-0.3, -0.25) is 9.80 Å². The normalized spacial score (nSPS) is 25.3. The number of rotatable bonds is 4. The van der Waals surface area contributed by atoms with Crippen molar-refractivity contribution in [3.8, 4) is 5.75 Å². The monoisotopic (exact) mass is 290 g/mol. The third kappa shape index (κ3) is 2.58. The van der Waals surface area contributed by atoms with Gasteiger partial charge in [0.25, 0.3) is 0 Å². The summed E-state index contributed by atoms with van der Waals surface area (Å²) in [5, 5.41) is 0. The zero-order valence-corrected chi connectivity index (χ0v) is 12.8. The van der Waals surface area contributed by atoms with E-state index in [9.17, 15) is 4.79 Å². The van der Waals surface area contributed by atoms with Gasteiger partial charge in [-0.25, -0.2) is 4.79 Å². The highest BCUT2D eigenvalue weighted by molar-refractivity contribution is 5.71. The summed E-state index contributed by atoms with van der Waals surface area (Å²) in [6.07, 6.45) is -0.214.